The van der Waals surface area contributed by atoms with Crippen molar-refractivity contribution in [2.45, 2.75) is 6.92 Å². The SMILES string of the molecule is CC(=O)c1ccc(NC(=O)COc2ccc(F)cc2Br)cc1. The van der Waals surface area contributed by atoms with Crippen molar-refractivity contribution in [1.82, 2.24) is 0 Å². The molecule has 22 heavy (non-hydrogen) atoms. The van der Waals surface area contributed by atoms with Crippen molar-refractivity contribution >= 4 is 33.3 Å². The molecule has 0 fully saturated rings. The van der Waals surface area contributed by atoms with Gasteiger partial charge >= 0.3 is 0 Å². The van der Waals surface area contributed by atoms with Crippen LogP contribution >= 0.6 is 15.9 Å². The summed E-state index contributed by atoms with van der Waals surface area (Å²) < 4.78 is 18.7. The Morgan fingerprint density at radius 1 is 1.18 bits per heavy atom. The van der Waals surface area contributed by atoms with E-state index in [9.17, 15) is 14.0 Å². The summed E-state index contributed by atoms with van der Waals surface area (Å²) in [6.45, 7) is 1.26. The van der Waals surface area contributed by atoms with Crippen molar-refractivity contribution in [3.05, 3.63) is 58.3 Å². The molecule has 114 valence electrons. The minimum atomic E-state index is -0.394. The highest BCUT2D eigenvalue weighted by Gasteiger charge is 2.07. The number of carbonyl (C=O) groups excluding carboxylic acids is 2. The standard InChI is InChI=1S/C16H13BrFNO3/c1-10(20)11-2-5-13(6-3-11)19-16(21)9-22-15-7-4-12(18)8-14(15)17/h2-8H,9H2,1H3,(H,19,21). The molecule has 0 unspecified atom stereocenters. The molecule has 0 atom stereocenters. The second kappa shape index (κ2) is 7.17. The van der Waals surface area contributed by atoms with Crippen molar-refractivity contribution in [1.29, 1.82) is 0 Å². The third kappa shape index (κ3) is 4.39. The van der Waals surface area contributed by atoms with Crippen LogP contribution in [0.2, 0.25) is 0 Å². The molecule has 0 aliphatic heterocycles. The molecule has 0 saturated carbocycles. The van der Waals surface area contributed by atoms with Crippen LogP contribution in [-0.4, -0.2) is 18.3 Å². The third-order valence-electron chi connectivity index (χ3n) is 2.83. The van der Waals surface area contributed by atoms with E-state index in [0.29, 0.717) is 21.5 Å². The van der Waals surface area contributed by atoms with Crippen LogP contribution in [0.25, 0.3) is 0 Å². The summed E-state index contributed by atoms with van der Waals surface area (Å²) in [7, 11) is 0. The van der Waals surface area contributed by atoms with E-state index < -0.39 is 5.82 Å². The molecule has 0 aliphatic carbocycles. The summed E-state index contributed by atoms with van der Waals surface area (Å²) in [6.07, 6.45) is 0. The van der Waals surface area contributed by atoms with Gasteiger partial charge in [0.1, 0.15) is 11.6 Å². The molecule has 0 spiro atoms. The monoisotopic (exact) mass is 365 g/mol. The number of Topliss-reactive ketones (excluding diaryl/α,β-unsaturated/α-hetero) is 1. The number of hydrogen-bond donors (Lipinski definition) is 1. The van der Waals surface area contributed by atoms with Crippen LogP contribution in [0.5, 0.6) is 5.75 Å². The maximum absolute atomic E-state index is 12.9. The lowest BCUT2D eigenvalue weighted by Crippen LogP contribution is -2.20. The Labute approximate surface area is 135 Å². The molecule has 0 heterocycles. The Morgan fingerprint density at radius 3 is 2.45 bits per heavy atom. The summed E-state index contributed by atoms with van der Waals surface area (Å²) in [5.41, 5.74) is 1.14. The topological polar surface area (TPSA) is 55.4 Å². The van der Waals surface area contributed by atoms with Crippen LogP contribution in [0.3, 0.4) is 0 Å². The van der Waals surface area contributed by atoms with Gasteiger partial charge in [0.25, 0.3) is 5.91 Å². The Morgan fingerprint density at radius 2 is 1.86 bits per heavy atom. The summed E-state index contributed by atoms with van der Waals surface area (Å²) in [5, 5.41) is 2.64. The zero-order valence-corrected chi connectivity index (χ0v) is 13.3. The number of ketones is 1. The number of hydrogen-bond acceptors (Lipinski definition) is 3. The first-order chi connectivity index (χ1) is 10.5. The van der Waals surface area contributed by atoms with Crippen LogP contribution in [-0.2, 0) is 4.79 Å². The number of halogens is 2. The van der Waals surface area contributed by atoms with Gasteiger partial charge in [0.2, 0.25) is 0 Å². The fourth-order valence-corrected chi connectivity index (χ4v) is 2.19. The number of carbonyl (C=O) groups is 2. The molecule has 0 radical (unpaired) electrons. The Balaban J connectivity index is 1.91. The second-order valence-corrected chi connectivity index (χ2v) is 5.40. The number of nitrogens with one attached hydrogen (secondary N) is 1. The molecule has 2 aromatic rings. The van der Waals surface area contributed by atoms with Gasteiger partial charge in [0.05, 0.1) is 4.47 Å². The lowest BCUT2D eigenvalue weighted by Gasteiger charge is -2.09. The second-order valence-electron chi connectivity index (χ2n) is 4.55. The van der Waals surface area contributed by atoms with Crippen molar-refractivity contribution in [2.24, 2.45) is 0 Å². The highest BCUT2D eigenvalue weighted by Crippen LogP contribution is 2.25. The van der Waals surface area contributed by atoms with Crippen LogP contribution in [0.15, 0.2) is 46.9 Å². The molecule has 0 aliphatic rings. The highest BCUT2D eigenvalue weighted by molar-refractivity contribution is 9.10. The van der Waals surface area contributed by atoms with Crippen molar-refractivity contribution < 1.29 is 18.7 Å². The van der Waals surface area contributed by atoms with Crippen LogP contribution in [0.4, 0.5) is 10.1 Å². The lowest BCUT2D eigenvalue weighted by atomic mass is 10.1. The quantitative estimate of drug-likeness (QED) is 0.819. The highest BCUT2D eigenvalue weighted by atomic mass is 79.9. The predicted molar refractivity (Wildman–Crippen MR) is 84.7 cm³/mol. The summed E-state index contributed by atoms with van der Waals surface area (Å²) >= 11 is 3.16. The van der Waals surface area contributed by atoms with E-state index in [2.05, 4.69) is 21.2 Å². The van der Waals surface area contributed by atoms with Gasteiger partial charge in [-0.2, -0.15) is 0 Å². The average molecular weight is 366 g/mol. The van der Waals surface area contributed by atoms with Gasteiger partial charge in [-0.05, 0) is 65.3 Å². The number of ether oxygens (including phenoxy) is 1. The first-order valence-electron chi connectivity index (χ1n) is 6.44. The number of anilines is 1. The molecule has 2 aromatic carbocycles. The van der Waals surface area contributed by atoms with Gasteiger partial charge in [-0.1, -0.05) is 0 Å². The van der Waals surface area contributed by atoms with Gasteiger partial charge in [0.15, 0.2) is 12.4 Å². The van der Waals surface area contributed by atoms with Crippen LogP contribution in [0.1, 0.15) is 17.3 Å². The van der Waals surface area contributed by atoms with Crippen molar-refractivity contribution in [3.8, 4) is 5.75 Å². The largest absolute Gasteiger partial charge is 0.483 e. The Bertz CT molecular complexity index is 701. The van der Waals surface area contributed by atoms with Gasteiger partial charge in [-0.3, -0.25) is 9.59 Å². The molecule has 0 bridgehead atoms. The number of amides is 1. The van der Waals surface area contributed by atoms with Gasteiger partial charge < -0.3 is 10.1 Å². The summed E-state index contributed by atoms with van der Waals surface area (Å²) in [5.74, 6) is -0.410. The van der Waals surface area contributed by atoms with E-state index in [1.54, 1.807) is 24.3 Å². The minimum Gasteiger partial charge on any atom is -0.483 e. The average Bonchev–Trinajstić information content (AvgIpc) is 2.47. The molecule has 2 rings (SSSR count). The molecule has 0 saturated heterocycles. The molecule has 1 amide bonds. The normalized spacial score (nSPS) is 10.1. The van der Waals surface area contributed by atoms with Crippen LogP contribution in [0, 0.1) is 5.82 Å². The molecular weight excluding hydrogens is 353 g/mol. The third-order valence-corrected chi connectivity index (χ3v) is 3.45. The van der Waals surface area contributed by atoms with Crippen molar-refractivity contribution in [2.75, 3.05) is 11.9 Å². The fraction of sp³-hybridized carbons (Fsp3) is 0.125. The Kier molecular flexibility index (Phi) is 5.27. The number of benzene rings is 2. The van der Waals surface area contributed by atoms with E-state index in [-0.39, 0.29) is 18.3 Å². The van der Waals surface area contributed by atoms with Gasteiger partial charge in [0, 0.05) is 11.3 Å². The van der Waals surface area contributed by atoms with Crippen molar-refractivity contribution in [3.63, 3.8) is 0 Å². The predicted octanol–water partition coefficient (Wildman–Crippen LogP) is 3.81. The summed E-state index contributed by atoms with van der Waals surface area (Å²) in [6, 6.07) is 10.5. The first-order valence-corrected chi connectivity index (χ1v) is 7.23. The lowest BCUT2D eigenvalue weighted by molar-refractivity contribution is -0.118. The summed E-state index contributed by atoms with van der Waals surface area (Å²) in [4.78, 5) is 22.9. The first kappa shape index (κ1) is 16.2. The smallest absolute Gasteiger partial charge is 0.262 e. The van der Waals surface area contributed by atoms with Crippen LogP contribution < -0.4 is 10.1 Å². The minimum absolute atomic E-state index is 0.0395. The Hall–Kier alpha value is -2.21. The van der Waals surface area contributed by atoms with E-state index in [0.717, 1.165) is 0 Å². The maximum Gasteiger partial charge on any atom is 0.262 e. The molecular formula is C16H13BrFNO3. The van der Waals surface area contributed by atoms with Gasteiger partial charge in [-0.15, -0.1) is 0 Å². The molecule has 1 N–H and O–H groups in total. The van der Waals surface area contributed by atoms with Gasteiger partial charge in [-0.25, -0.2) is 4.39 Å². The molecule has 4 nitrogen and oxygen atoms in total. The zero-order chi connectivity index (χ0) is 16.1. The number of rotatable bonds is 5. The van der Waals surface area contributed by atoms with E-state index >= 15 is 0 Å². The molecule has 0 aromatic heterocycles. The van der Waals surface area contributed by atoms with E-state index in [4.69, 9.17) is 4.74 Å². The maximum atomic E-state index is 12.9. The fourth-order valence-electron chi connectivity index (χ4n) is 1.72. The zero-order valence-electron chi connectivity index (χ0n) is 11.7. The van der Waals surface area contributed by atoms with E-state index in [1.807, 2.05) is 0 Å². The molecule has 6 heteroatoms. The van der Waals surface area contributed by atoms with E-state index in [1.165, 1.54) is 25.1 Å².